The molecule has 0 spiro atoms. The van der Waals surface area contributed by atoms with E-state index in [4.69, 9.17) is 42.6 Å². The minimum absolute atomic E-state index is 0.0713. The van der Waals surface area contributed by atoms with Crippen LogP contribution in [0.5, 0.6) is 0 Å². The van der Waals surface area contributed by atoms with Crippen molar-refractivity contribution in [1.82, 2.24) is 5.32 Å². The monoisotopic (exact) mass is 573 g/mol. The van der Waals surface area contributed by atoms with Crippen molar-refractivity contribution >= 4 is 11.9 Å². The molecule has 0 aromatic carbocycles. The topological polar surface area (TPSA) is 129 Å². The molecule has 0 aromatic heterocycles. The number of amides is 1. The Morgan fingerprint density at radius 2 is 1.80 bits per heavy atom. The summed E-state index contributed by atoms with van der Waals surface area (Å²) in [5, 5.41) is 2.93. The van der Waals surface area contributed by atoms with E-state index in [0.717, 1.165) is 5.57 Å². The van der Waals surface area contributed by atoms with E-state index in [2.05, 4.69) is 11.9 Å². The molecule has 3 aliphatic rings. The number of nitrogens with one attached hydrogen (secondary N) is 1. The van der Waals surface area contributed by atoms with Gasteiger partial charge in [0, 0.05) is 59.5 Å². The lowest BCUT2D eigenvalue weighted by Crippen LogP contribution is -2.69. The fraction of sp³-hybridized carbons (Fsp3) is 0.857. The molecule has 0 aromatic rings. The lowest BCUT2D eigenvalue weighted by molar-refractivity contribution is -0.333. The van der Waals surface area contributed by atoms with Crippen LogP contribution in [0.2, 0.25) is 0 Å². The summed E-state index contributed by atoms with van der Waals surface area (Å²) in [5.41, 5.74) is 0.385. The first-order valence-electron chi connectivity index (χ1n) is 13.7. The van der Waals surface area contributed by atoms with E-state index in [9.17, 15) is 9.59 Å². The molecule has 0 unspecified atom stereocenters. The van der Waals surface area contributed by atoms with Crippen molar-refractivity contribution in [3.8, 4) is 0 Å². The highest BCUT2D eigenvalue weighted by Gasteiger charge is 2.57. The molecule has 12 heteroatoms. The molecule has 3 fully saturated rings. The maximum Gasteiger partial charge on any atom is 0.302 e. The summed E-state index contributed by atoms with van der Waals surface area (Å²) in [5.74, 6) is -2.15. The van der Waals surface area contributed by atoms with Gasteiger partial charge in [-0.1, -0.05) is 32.9 Å². The van der Waals surface area contributed by atoms with Gasteiger partial charge in [-0.25, -0.2) is 0 Å². The average molecular weight is 574 g/mol. The molecule has 230 valence electrons. The summed E-state index contributed by atoms with van der Waals surface area (Å²) >= 11 is 0. The molecule has 1 N–H and O–H groups in total. The lowest BCUT2D eigenvalue weighted by Gasteiger charge is -2.54. The number of esters is 1. The molecule has 12 nitrogen and oxygen atoms in total. The van der Waals surface area contributed by atoms with Gasteiger partial charge in [-0.05, 0) is 6.92 Å². The molecule has 0 bridgehead atoms. The minimum Gasteiger partial charge on any atom is -0.463 e. The molecule has 3 saturated heterocycles. The second kappa shape index (κ2) is 13.6. The van der Waals surface area contributed by atoms with Crippen molar-refractivity contribution in [3.63, 3.8) is 0 Å². The molecule has 3 rings (SSSR count). The number of carbonyl (C=O) groups excluding carboxylic acids is 2. The largest absolute Gasteiger partial charge is 0.463 e. The highest BCUT2D eigenvalue weighted by atomic mass is 16.7. The van der Waals surface area contributed by atoms with Gasteiger partial charge in [0.25, 0.3) is 5.91 Å². The third-order valence-electron chi connectivity index (χ3n) is 8.56. The van der Waals surface area contributed by atoms with Crippen LogP contribution in [0.3, 0.4) is 0 Å². The highest BCUT2D eigenvalue weighted by molar-refractivity contribution is 5.82. The Balaban J connectivity index is 1.82. The molecular formula is C28H47NO11. The Labute approximate surface area is 237 Å². The fourth-order valence-electron chi connectivity index (χ4n) is 5.89. The number of carbonyl (C=O) groups is 2. The molecule has 40 heavy (non-hydrogen) atoms. The summed E-state index contributed by atoms with van der Waals surface area (Å²) in [4.78, 5) is 25.1. The zero-order valence-electron chi connectivity index (χ0n) is 25.2. The maximum absolute atomic E-state index is 13.7. The van der Waals surface area contributed by atoms with E-state index >= 15 is 0 Å². The van der Waals surface area contributed by atoms with E-state index < -0.39 is 65.9 Å². The van der Waals surface area contributed by atoms with Crippen molar-refractivity contribution in [2.45, 2.75) is 102 Å². The minimum atomic E-state index is -1.36. The predicted octanol–water partition coefficient (Wildman–Crippen LogP) is 1.94. The lowest BCUT2D eigenvalue weighted by atomic mass is 9.72. The number of ether oxygens (including phenoxy) is 9. The van der Waals surface area contributed by atoms with Gasteiger partial charge in [0.05, 0.1) is 24.4 Å². The van der Waals surface area contributed by atoms with Gasteiger partial charge in [0.2, 0.25) is 5.79 Å². The van der Waals surface area contributed by atoms with E-state index in [1.807, 2.05) is 27.7 Å². The highest BCUT2D eigenvalue weighted by Crippen LogP contribution is 2.44. The van der Waals surface area contributed by atoms with Crippen molar-refractivity contribution in [2.24, 2.45) is 11.3 Å². The third-order valence-corrected chi connectivity index (χ3v) is 8.56. The Morgan fingerprint density at radius 3 is 2.35 bits per heavy atom. The molecule has 1 amide bonds. The Morgan fingerprint density at radius 1 is 1.10 bits per heavy atom. The van der Waals surface area contributed by atoms with Crippen LogP contribution in [0.15, 0.2) is 12.2 Å². The van der Waals surface area contributed by atoms with E-state index in [1.165, 1.54) is 21.1 Å². The first-order valence-corrected chi connectivity index (χ1v) is 13.7. The number of fused-ring (bicyclic) bond motifs is 1. The smallest absolute Gasteiger partial charge is 0.302 e. The summed E-state index contributed by atoms with van der Waals surface area (Å²) < 4.78 is 52.7. The Bertz CT molecular complexity index is 897. The van der Waals surface area contributed by atoms with Crippen molar-refractivity contribution < 1.29 is 52.2 Å². The van der Waals surface area contributed by atoms with Gasteiger partial charge < -0.3 is 47.9 Å². The number of methoxy groups -OCH3 is 4. The van der Waals surface area contributed by atoms with E-state index in [0.29, 0.717) is 12.8 Å². The molecule has 3 aliphatic heterocycles. The molecule has 0 radical (unpaired) electrons. The Kier molecular flexibility index (Phi) is 11.1. The van der Waals surface area contributed by atoms with Gasteiger partial charge in [-0.3, -0.25) is 9.59 Å². The molecule has 10 atom stereocenters. The van der Waals surface area contributed by atoms with Crippen molar-refractivity contribution in [3.05, 3.63) is 12.2 Å². The van der Waals surface area contributed by atoms with Crippen LogP contribution in [0.25, 0.3) is 0 Å². The van der Waals surface area contributed by atoms with Gasteiger partial charge in [-0.2, -0.15) is 0 Å². The summed E-state index contributed by atoms with van der Waals surface area (Å²) in [6, 6.07) is 0. The van der Waals surface area contributed by atoms with Gasteiger partial charge >= 0.3 is 5.97 Å². The van der Waals surface area contributed by atoms with Crippen LogP contribution in [-0.2, 0) is 52.2 Å². The van der Waals surface area contributed by atoms with Crippen LogP contribution in [0.1, 0.15) is 47.5 Å². The molecule has 0 aliphatic carbocycles. The third kappa shape index (κ3) is 6.70. The average Bonchev–Trinajstić information content (AvgIpc) is 2.90. The van der Waals surface area contributed by atoms with Gasteiger partial charge in [0.1, 0.15) is 25.6 Å². The first-order chi connectivity index (χ1) is 18.8. The first kappa shape index (κ1) is 32.9. The zero-order valence-corrected chi connectivity index (χ0v) is 25.2. The van der Waals surface area contributed by atoms with Gasteiger partial charge in [-0.15, -0.1) is 0 Å². The van der Waals surface area contributed by atoms with Gasteiger partial charge in [0.15, 0.2) is 12.3 Å². The molecule has 3 heterocycles. The van der Waals surface area contributed by atoms with Crippen molar-refractivity contribution in [2.75, 3.05) is 41.8 Å². The summed E-state index contributed by atoms with van der Waals surface area (Å²) in [6.07, 6.45) is -4.03. The number of rotatable bonds is 11. The predicted molar refractivity (Wildman–Crippen MR) is 142 cm³/mol. The van der Waals surface area contributed by atoms with Crippen LogP contribution >= 0.6 is 0 Å². The SMILES string of the molecule is C=C1C[C@](OC)([C@H](OC)C(=O)N[C@H]2OCO[C@H]3[C@@H]2O[C@H](C[C@H](COC(C)=O)OC)C(C)(C)[C@@H]3OC)O[C@H](C)[C@@H]1C. The van der Waals surface area contributed by atoms with Crippen LogP contribution in [-0.4, -0.2) is 108 Å². The van der Waals surface area contributed by atoms with Crippen LogP contribution < -0.4 is 5.32 Å². The molecule has 0 saturated carbocycles. The van der Waals surface area contributed by atoms with E-state index in [-0.39, 0.29) is 25.4 Å². The zero-order chi connectivity index (χ0) is 29.8. The Hall–Kier alpha value is -1.64. The molecular weight excluding hydrogens is 526 g/mol. The number of hydrogen-bond donors (Lipinski definition) is 1. The van der Waals surface area contributed by atoms with Crippen molar-refractivity contribution in [1.29, 1.82) is 0 Å². The number of hydrogen-bond acceptors (Lipinski definition) is 11. The summed E-state index contributed by atoms with van der Waals surface area (Å²) in [6.45, 7) is 13.5. The maximum atomic E-state index is 13.7. The second-order valence-electron chi connectivity index (χ2n) is 11.4. The summed E-state index contributed by atoms with van der Waals surface area (Å²) in [7, 11) is 6.08. The standard InChI is InChI=1S/C28H47NO11/c1-15-12-28(35-10,40-17(3)16(15)2)24(34-9)25(31)29-26-22-21(37-14-38-26)23(33-8)27(5,6)20(39-22)11-19(32-7)13-36-18(4)30/h16-17,19-24,26H,1,11-14H2,2-10H3,(H,29,31)/t16-,17-,19-,20-,21+,22+,23-,24-,26+,28-/m1/s1. The normalized spacial score (nSPS) is 37.2. The van der Waals surface area contributed by atoms with Crippen LogP contribution in [0, 0.1) is 11.3 Å². The van der Waals surface area contributed by atoms with Crippen LogP contribution in [0.4, 0.5) is 0 Å². The van der Waals surface area contributed by atoms with E-state index in [1.54, 1.807) is 14.2 Å². The quantitative estimate of drug-likeness (QED) is 0.288. The fourth-order valence-corrected chi connectivity index (χ4v) is 5.89. The second-order valence-corrected chi connectivity index (χ2v) is 11.4.